The van der Waals surface area contributed by atoms with Crippen molar-refractivity contribution in [1.82, 2.24) is 4.90 Å². The van der Waals surface area contributed by atoms with Crippen LogP contribution in [0.2, 0.25) is 0 Å². The molecule has 2 rings (SSSR count). The summed E-state index contributed by atoms with van der Waals surface area (Å²) in [5.74, 6) is 0.173. The Hall–Kier alpha value is -1.62. The normalized spacial score (nSPS) is 17.1. The van der Waals surface area contributed by atoms with Gasteiger partial charge in [-0.3, -0.25) is 9.69 Å². The molecular formula is C16H24FN3O. The summed E-state index contributed by atoms with van der Waals surface area (Å²) in [7, 11) is 1.97. The number of benzene rings is 1. The molecule has 0 radical (unpaired) electrons. The van der Waals surface area contributed by atoms with Gasteiger partial charge in [-0.1, -0.05) is 12.8 Å². The van der Waals surface area contributed by atoms with Crippen LogP contribution in [0.1, 0.15) is 32.6 Å². The van der Waals surface area contributed by atoms with Gasteiger partial charge in [0.2, 0.25) is 5.91 Å². The van der Waals surface area contributed by atoms with Crippen molar-refractivity contribution in [3.05, 3.63) is 24.0 Å². The second kappa shape index (κ2) is 6.89. The van der Waals surface area contributed by atoms with Gasteiger partial charge in [0.15, 0.2) is 0 Å². The number of halogens is 1. The zero-order chi connectivity index (χ0) is 15.4. The number of nitrogens with one attached hydrogen (secondary N) is 1. The monoisotopic (exact) mass is 293 g/mol. The Balaban J connectivity index is 1.91. The van der Waals surface area contributed by atoms with E-state index < -0.39 is 5.82 Å². The predicted octanol–water partition coefficient (Wildman–Crippen LogP) is 2.86. The molecule has 0 aromatic heterocycles. The van der Waals surface area contributed by atoms with Crippen LogP contribution in [0, 0.1) is 11.7 Å². The molecule has 116 valence electrons. The number of rotatable bonds is 5. The molecule has 5 heteroatoms. The van der Waals surface area contributed by atoms with E-state index in [2.05, 4.69) is 10.2 Å². The van der Waals surface area contributed by atoms with Gasteiger partial charge in [0.1, 0.15) is 5.82 Å². The van der Waals surface area contributed by atoms with Crippen LogP contribution in [-0.4, -0.2) is 30.4 Å². The van der Waals surface area contributed by atoms with Gasteiger partial charge in [0, 0.05) is 6.54 Å². The van der Waals surface area contributed by atoms with E-state index in [-0.39, 0.29) is 17.6 Å². The summed E-state index contributed by atoms with van der Waals surface area (Å²) in [6.07, 6.45) is 5.10. The number of carbonyl (C=O) groups excluding carboxylic acids is 1. The number of anilines is 2. The molecule has 1 aliphatic carbocycles. The molecule has 0 saturated heterocycles. The van der Waals surface area contributed by atoms with Gasteiger partial charge in [-0.25, -0.2) is 4.39 Å². The summed E-state index contributed by atoms with van der Waals surface area (Å²) >= 11 is 0. The molecule has 0 heterocycles. The van der Waals surface area contributed by atoms with Crippen LogP contribution in [0.25, 0.3) is 0 Å². The Labute approximate surface area is 125 Å². The molecule has 0 spiro atoms. The average Bonchev–Trinajstić information content (AvgIpc) is 2.93. The fourth-order valence-corrected chi connectivity index (χ4v) is 2.84. The molecule has 21 heavy (non-hydrogen) atoms. The highest BCUT2D eigenvalue weighted by Crippen LogP contribution is 2.26. The van der Waals surface area contributed by atoms with E-state index in [0.717, 1.165) is 6.54 Å². The zero-order valence-electron chi connectivity index (χ0n) is 12.7. The summed E-state index contributed by atoms with van der Waals surface area (Å²) in [5.41, 5.74) is 6.41. The van der Waals surface area contributed by atoms with Crippen LogP contribution in [0.4, 0.5) is 15.8 Å². The fraction of sp³-hybridized carbons (Fsp3) is 0.562. The van der Waals surface area contributed by atoms with Crippen molar-refractivity contribution in [2.45, 2.75) is 38.6 Å². The maximum atomic E-state index is 13.0. The largest absolute Gasteiger partial charge is 0.397 e. The number of hydrogen-bond acceptors (Lipinski definition) is 3. The molecule has 3 N–H and O–H groups in total. The van der Waals surface area contributed by atoms with Crippen molar-refractivity contribution in [2.75, 3.05) is 24.6 Å². The van der Waals surface area contributed by atoms with Crippen molar-refractivity contribution >= 4 is 17.3 Å². The van der Waals surface area contributed by atoms with E-state index in [1.165, 1.54) is 43.9 Å². The number of amides is 1. The molecular weight excluding hydrogens is 269 g/mol. The van der Waals surface area contributed by atoms with Crippen molar-refractivity contribution < 1.29 is 9.18 Å². The van der Waals surface area contributed by atoms with Gasteiger partial charge in [-0.15, -0.1) is 0 Å². The van der Waals surface area contributed by atoms with Gasteiger partial charge in [-0.05, 0) is 50.9 Å². The van der Waals surface area contributed by atoms with Crippen LogP contribution in [-0.2, 0) is 4.79 Å². The highest BCUT2D eigenvalue weighted by atomic mass is 19.1. The highest BCUT2D eigenvalue weighted by Gasteiger charge is 2.23. The Morgan fingerprint density at radius 3 is 2.76 bits per heavy atom. The lowest BCUT2D eigenvalue weighted by Gasteiger charge is -2.26. The third-order valence-electron chi connectivity index (χ3n) is 4.33. The van der Waals surface area contributed by atoms with Crippen LogP contribution >= 0.6 is 0 Å². The first-order chi connectivity index (χ1) is 9.97. The SMILES string of the molecule is CC(C(=O)Nc1ccc(F)cc1N)N(C)CC1CCCC1. The van der Waals surface area contributed by atoms with Gasteiger partial charge >= 0.3 is 0 Å². The van der Waals surface area contributed by atoms with E-state index in [0.29, 0.717) is 11.6 Å². The van der Waals surface area contributed by atoms with Crippen molar-refractivity contribution in [3.63, 3.8) is 0 Å². The maximum absolute atomic E-state index is 13.0. The number of nitrogens with zero attached hydrogens (tertiary/aromatic N) is 1. The molecule has 1 aromatic carbocycles. The average molecular weight is 293 g/mol. The molecule has 1 atom stereocenters. The van der Waals surface area contributed by atoms with Crippen LogP contribution in [0.3, 0.4) is 0 Å². The van der Waals surface area contributed by atoms with Gasteiger partial charge in [0.25, 0.3) is 0 Å². The van der Waals surface area contributed by atoms with Gasteiger partial charge in [-0.2, -0.15) is 0 Å². The molecule has 1 fully saturated rings. The Morgan fingerprint density at radius 1 is 1.48 bits per heavy atom. The van der Waals surface area contributed by atoms with Crippen LogP contribution < -0.4 is 11.1 Å². The number of nitrogen functional groups attached to an aromatic ring is 1. The highest BCUT2D eigenvalue weighted by molar-refractivity contribution is 5.97. The minimum absolute atomic E-state index is 0.117. The molecule has 1 unspecified atom stereocenters. The molecule has 4 nitrogen and oxygen atoms in total. The van der Waals surface area contributed by atoms with Gasteiger partial charge < -0.3 is 11.1 Å². The fourth-order valence-electron chi connectivity index (χ4n) is 2.84. The first kappa shape index (κ1) is 15.8. The third kappa shape index (κ3) is 4.17. The summed E-state index contributed by atoms with van der Waals surface area (Å²) in [5, 5.41) is 2.77. The lowest BCUT2D eigenvalue weighted by Crippen LogP contribution is -2.41. The number of likely N-dealkylation sites (N-methyl/N-ethyl adjacent to an activating group) is 1. The second-order valence-corrected chi connectivity index (χ2v) is 5.99. The number of nitrogens with two attached hydrogens (primary N) is 1. The quantitative estimate of drug-likeness (QED) is 0.821. The standard InChI is InChI=1S/C16H24FN3O/c1-11(20(2)10-12-5-3-4-6-12)16(21)19-15-8-7-13(17)9-14(15)18/h7-9,11-12H,3-6,10,18H2,1-2H3,(H,19,21). The van der Waals surface area contributed by atoms with Crippen LogP contribution in [0.15, 0.2) is 18.2 Å². The van der Waals surface area contributed by atoms with E-state index in [4.69, 9.17) is 5.73 Å². The van der Waals surface area contributed by atoms with E-state index >= 15 is 0 Å². The molecule has 0 aliphatic heterocycles. The van der Waals surface area contributed by atoms with E-state index in [1.54, 1.807) is 0 Å². The van der Waals surface area contributed by atoms with E-state index in [9.17, 15) is 9.18 Å². The van der Waals surface area contributed by atoms with Gasteiger partial charge in [0.05, 0.1) is 17.4 Å². The number of hydrogen-bond donors (Lipinski definition) is 2. The molecule has 1 aliphatic rings. The minimum atomic E-state index is -0.406. The first-order valence-electron chi connectivity index (χ1n) is 7.53. The van der Waals surface area contributed by atoms with E-state index in [1.807, 2.05) is 14.0 Å². The van der Waals surface area contributed by atoms with Crippen molar-refractivity contribution in [1.29, 1.82) is 0 Å². The summed E-state index contributed by atoms with van der Waals surface area (Å²) in [6.45, 7) is 2.82. The Bertz CT molecular complexity index is 500. The lowest BCUT2D eigenvalue weighted by molar-refractivity contribution is -0.120. The Morgan fingerprint density at radius 2 is 2.14 bits per heavy atom. The number of carbonyl (C=O) groups is 1. The predicted molar refractivity (Wildman–Crippen MR) is 83.5 cm³/mol. The first-order valence-corrected chi connectivity index (χ1v) is 7.53. The second-order valence-electron chi connectivity index (χ2n) is 5.99. The molecule has 0 bridgehead atoms. The third-order valence-corrected chi connectivity index (χ3v) is 4.33. The summed E-state index contributed by atoms with van der Waals surface area (Å²) in [4.78, 5) is 14.3. The summed E-state index contributed by atoms with van der Waals surface area (Å²) < 4.78 is 13.0. The smallest absolute Gasteiger partial charge is 0.241 e. The molecule has 1 saturated carbocycles. The van der Waals surface area contributed by atoms with Crippen LogP contribution in [0.5, 0.6) is 0 Å². The maximum Gasteiger partial charge on any atom is 0.241 e. The molecule has 1 amide bonds. The summed E-state index contributed by atoms with van der Waals surface area (Å²) in [6, 6.07) is 3.75. The molecule has 1 aromatic rings. The zero-order valence-corrected chi connectivity index (χ0v) is 12.7. The topological polar surface area (TPSA) is 58.4 Å². The van der Waals surface area contributed by atoms with Crippen molar-refractivity contribution in [2.24, 2.45) is 5.92 Å². The lowest BCUT2D eigenvalue weighted by atomic mass is 10.1. The minimum Gasteiger partial charge on any atom is -0.397 e. The van der Waals surface area contributed by atoms with Crippen molar-refractivity contribution in [3.8, 4) is 0 Å². The Kier molecular flexibility index (Phi) is 5.17.